The van der Waals surface area contributed by atoms with E-state index < -0.39 is 46.8 Å². The van der Waals surface area contributed by atoms with Crippen molar-refractivity contribution >= 4 is 32.0 Å². The van der Waals surface area contributed by atoms with Crippen molar-refractivity contribution in [2.45, 2.75) is 42.5 Å². The quantitative estimate of drug-likeness (QED) is 0.341. The van der Waals surface area contributed by atoms with E-state index in [1.165, 1.54) is 19.2 Å². The third-order valence-electron chi connectivity index (χ3n) is 4.80. The second-order valence-corrected chi connectivity index (χ2v) is 9.21. The Hall–Kier alpha value is -1.82. The van der Waals surface area contributed by atoms with E-state index in [-0.39, 0.29) is 15.8 Å². The predicted molar refractivity (Wildman–Crippen MR) is 114 cm³/mol. The molecule has 1 aliphatic rings. The van der Waals surface area contributed by atoms with Crippen molar-refractivity contribution in [1.29, 1.82) is 0 Å². The van der Waals surface area contributed by atoms with E-state index in [0.717, 1.165) is 5.56 Å². The lowest BCUT2D eigenvalue weighted by atomic mass is 9.99. The number of aryl methyl sites for hydroxylation is 1. The Morgan fingerprint density at radius 3 is 2.32 bits per heavy atom. The number of alkyl halides is 1. The lowest BCUT2D eigenvalue weighted by Gasteiger charge is -2.42. The van der Waals surface area contributed by atoms with Gasteiger partial charge in [-0.05, 0) is 31.2 Å². The minimum atomic E-state index is -4.25. The fraction of sp³-hybridized carbons (Fsp3) is 0.381. The van der Waals surface area contributed by atoms with Gasteiger partial charge in [-0.25, -0.2) is 4.79 Å². The van der Waals surface area contributed by atoms with E-state index in [1.54, 1.807) is 42.5 Å². The first kappa shape index (κ1) is 23.8. The molecule has 0 aromatic heterocycles. The van der Waals surface area contributed by atoms with E-state index >= 15 is 0 Å². The Labute approximate surface area is 189 Å². The highest BCUT2D eigenvalue weighted by Gasteiger charge is 2.50. The van der Waals surface area contributed by atoms with Crippen molar-refractivity contribution in [3.8, 4) is 0 Å². The van der Waals surface area contributed by atoms with Crippen molar-refractivity contribution in [3.63, 3.8) is 0 Å². The molecule has 1 saturated heterocycles. The summed E-state index contributed by atoms with van der Waals surface area (Å²) in [5, 5.41) is 11.1. The smallest absolute Gasteiger partial charge is 0.338 e. The van der Waals surface area contributed by atoms with Crippen LogP contribution in [0.25, 0.3) is 0 Å². The fourth-order valence-corrected chi connectivity index (χ4v) is 4.73. The summed E-state index contributed by atoms with van der Waals surface area (Å²) in [6.45, 7) is 1.82. The Balaban J connectivity index is 1.85. The Bertz CT molecular complexity index is 980. The van der Waals surface area contributed by atoms with Crippen LogP contribution < -0.4 is 0 Å². The fourth-order valence-electron chi connectivity index (χ4n) is 3.13. The molecular weight excluding hydrogens is 492 g/mol. The standard InChI is InChI=1S/C21H23BrO8S/c1-13-8-10-15(11-9-13)31(25,26)30-19-17(23)18(16(12-22)28-21(19)27-2)29-20(24)14-6-4-3-5-7-14/h3-11,16-19,21,23H,12H2,1-2H3/t16-,17+,18-,19+,21+/m1/s1. The van der Waals surface area contributed by atoms with Crippen LogP contribution in [0.4, 0.5) is 0 Å². The van der Waals surface area contributed by atoms with Crippen LogP contribution in [0.3, 0.4) is 0 Å². The third-order valence-corrected chi connectivity index (χ3v) is 6.76. The van der Waals surface area contributed by atoms with Crippen LogP contribution in [0, 0.1) is 6.92 Å². The SMILES string of the molecule is CO[C@H]1O[C@H](CBr)[C@@H](OC(=O)c2ccccc2)[C@H](O)[C@@H]1OS(=O)(=O)c1ccc(C)cc1. The molecule has 2 aromatic carbocycles. The van der Waals surface area contributed by atoms with Crippen molar-refractivity contribution in [1.82, 2.24) is 0 Å². The monoisotopic (exact) mass is 514 g/mol. The molecule has 1 N–H and O–H groups in total. The zero-order chi connectivity index (χ0) is 22.6. The molecular formula is C21H23BrO8S. The zero-order valence-electron chi connectivity index (χ0n) is 16.9. The zero-order valence-corrected chi connectivity index (χ0v) is 19.3. The van der Waals surface area contributed by atoms with Gasteiger partial charge in [0.2, 0.25) is 0 Å². The summed E-state index contributed by atoms with van der Waals surface area (Å²) in [5.74, 6) is -0.685. The lowest BCUT2D eigenvalue weighted by molar-refractivity contribution is -0.277. The second kappa shape index (κ2) is 10.2. The molecule has 0 saturated carbocycles. The minimum Gasteiger partial charge on any atom is -0.453 e. The topological polar surface area (TPSA) is 108 Å². The van der Waals surface area contributed by atoms with Gasteiger partial charge in [-0.15, -0.1) is 0 Å². The lowest BCUT2D eigenvalue weighted by Crippen LogP contribution is -2.61. The highest BCUT2D eigenvalue weighted by Crippen LogP contribution is 2.30. The molecule has 0 radical (unpaired) electrons. The van der Waals surface area contributed by atoms with Gasteiger partial charge in [0, 0.05) is 12.4 Å². The number of hydrogen-bond donors (Lipinski definition) is 1. The first-order valence-corrected chi connectivity index (χ1v) is 12.0. The molecule has 0 amide bonds. The van der Waals surface area contributed by atoms with Gasteiger partial charge >= 0.3 is 5.97 Å². The number of benzene rings is 2. The average Bonchev–Trinajstić information content (AvgIpc) is 2.77. The number of hydrogen-bond acceptors (Lipinski definition) is 8. The Morgan fingerprint density at radius 2 is 1.74 bits per heavy atom. The largest absolute Gasteiger partial charge is 0.453 e. The van der Waals surface area contributed by atoms with E-state index in [4.69, 9.17) is 18.4 Å². The van der Waals surface area contributed by atoms with Crippen LogP contribution in [-0.4, -0.2) is 62.6 Å². The van der Waals surface area contributed by atoms with Gasteiger partial charge in [0.05, 0.1) is 10.5 Å². The van der Waals surface area contributed by atoms with Gasteiger partial charge < -0.3 is 19.3 Å². The summed E-state index contributed by atoms with van der Waals surface area (Å²) in [5.41, 5.74) is 1.16. The number of aliphatic hydroxyl groups is 1. The summed E-state index contributed by atoms with van der Waals surface area (Å²) < 4.78 is 47.2. The normalized spacial score (nSPS) is 26.4. The average molecular weight is 515 g/mol. The van der Waals surface area contributed by atoms with E-state index in [0.29, 0.717) is 0 Å². The Kier molecular flexibility index (Phi) is 7.84. The molecule has 8 nitrogen and oxygen atoms in total. The molecule has 2 aromatic rings. The van der Waals surface area contributed by atoms with Gasteiger partial charge in [-0.3, -0.25) is 4.18 Å². The van der Waals surface area contributed by atoms with Crippen molar-refractivity contribution in [3.05, 3.63) is 65.7 Å². The van der Waals surface area contributed by atoms with Crippen molar-refractivity contribution < 1.29 is 36.7 Å². The van der Waals surface area contributed by atoms with E-state index in [1.807, 2.05) is 6.92 Å². The number of rotatable bonds is 7. The number of ether oxygens (including phenoxy) is 3. The maximum atomic E-state index is 12.8. The number of methoxy groups -OCH3 is 1. The summed E-state index contributed by atoms with van der Waals surface area (Å²) in [7, 11) is -2.95. The van der Waals surface area contributed by atoms with E-state index in [9.17, 15) is 18.3 Å². The van der Waals surface area contributed by atoms with E-state index in [2.05, 4.69) is 15.9 Å². The predicted octanol–water partition coefficient (Wildman–Crippen LogP) is 2.42. The number of aliphatic hydroxyl groups excluding tert-OH is 1. The maximum absolute atomic E-state index is 12.8. The molecule has 3 rings (SSSR count). The molecule has 31 heavy (non-hydrogen) atoms. The molecule has 5 atom stereocenters. The minimum absolute atomic E-state index is 0.0828. The van der Waals surface area contributed by atoms with Crippen LogP contribution in [-0.2, 0) is 28.5 Å². The van der Waals surface area contributed by atoms with Gasteiger partial charge in [0.25, 0.3) is 10.1 Å². The van der Waals surface area contributed by atoms with Gasteiger partial charge in [0.15, 0.2) is 18.5 Å². The number of carbonyl (C=O) groups is 1. The number of esters is 1. The maximum Gasteiger partial charge on any atom is 0.338 e. The second-order valence-electron chi connectivity index (χ2n) is 6.99. The summed E-state index contributed by atoms with van der Waals surface area (Å²) in [6, 6.07) is 14.3. The summed E-state index contributed by atoms with van der Waals surface area (Å²) in [4.78, 5) is 12.4. The molecule has 1 fully saturated rings. The van der Waals surface area contributed by atoms with Gasteiger partial charge in [-0.1, -0.05) is 51.8 Å². The van der Waals surface area contributed by atoms with Gasteiger partial charge in [0.1, 0.15) is 12.2 Å². The number of carbonyl (C=O) groups excluding carboxylic acids is 1. The highest BCUT2D eigenvalue weighted by molar-refractivity contribution is 9.09. The first-order chi connectivity index (χ1) is 14.8. The molecule has 0 aliphatic carbocycles. The Morgan fingerprint density at radius 1 is 1.10 bits per heavy atom. The van der Waals surface area contributed by atoms with Crippen LogP contribution >= 0.6 is 15.9 Å². The molecule has 1 aliphatic heterocycles. The van der Waals surface area contributed by atoms with Gasteiger partial charge in [-0.2, -0.15) is 8.42 Å². The van der Waals surface area contributed by atoms with Crippen LogP contribution in [0.15, 0.2) is 59.5 Å². The van der Waals surface area contributed by atoms with Crippen molar-refractivity contribution in [2.24, 2.45) is 0 Å². The molecule has 0 bridgehead atoms. The summed E-state index contributed by atoms with van der Waals surface area (Å²) in [6.07, 6.45) is -6.19. The molecule has 0 unspecified atom stereocenters. The molecule has 168 valence electrons. The molecule has 10 heteroatoms. The van der Waals surface area contributed by atoms with Crippen LogP contribution in [0.2, 0.25) is 0 Å². The van der Waals surface area contributed by atoms with Crippen LogP contribution in [0.5, 0.6) is 0 Å². The molecule has 1 heterocycles. The highest BCUT2D eigenvalue weighted by atomic mass is 79.9. The van der Waals surface area contributed by atoms with Crippen molar-refractivity contribution in [2.75, 3.05) is 12.4 Å². The number of halogens is 1. The third kappa shape index (κ3) is 5.51. The van der Waals surface area contributed by atoms with Crippen LogP contribution in [0.1, 0.15) is 15.9 Å². The molecule has 0 spiro atoms. The first-order valence-electron chi connectivity index (χ1n) is 9.45. The summed E-state index contributed by atoms with van der Waals surface area (Å²) >= 11 is 3.26.